The summed E-state index contributed by atoms with van der Waals surface area (Å²) in [6.07, 6.45) is -4.53. The summed E-state index contributed by atoms with van der Waals surface area (Å²) >= 11 is 0. The highest BCUT2D eigenvalue weighted by atomic mass is 19.4. The SMILES string of the molecule is NC(=O)/C(=C/n1cnc(-c2cc(C(F)(F)F)cc(C(F)(F)F)c2)n1)c1ccc(-c2cccnc2)cc1. The Hall–Kier alpha value is -4.48. The van der Waals surface area contributed by atoms with Crippen molar-refractivity contribution in [2.24, 2.45) is 5.73 Å². The molecule has 0 aliphatic carbocycles. The molecule has 1 amide bonds. The van der Waals surface area contributed by atoms with Gasteiger partial charge in [0.2, 0.25) is 0 Å². The molecule has 0 spiro atoms. The van der Waals surface area contributed by atoms with Crippen LogP contribution in [0.1, 0.15) is 16.7 Å². The molecule has 2 aromatic carbocycles. The first-order valence-corrected chi connectivity index (χ1v) is 10.2. The van der Waals surface area contributed by atoms with Crippen molar-refractivity contribution in [3.63, 3.8) is 0 Å². The third-order valence-corrected chi connectivity index (χ3v) is 5.07. The van der Waals surface area contributed by atoms with Crippen LogP contribution < -0.4 is 5.73 Å². The van der Waals surface area contributed by atoms with E-state index in [2.05, 4.69) is 15.1 Å². The molecule has 184 valence electrons. The molecule has 0 fully saturated rings. The van der Waals surface area contributed by atoms with Crippen molar-refractivity contribution < 1.29 is 31.1 Å². The number of rotatable bonds is 5. The number of hydrogen-bond donors (Lipinski definition) is 1. The predicted molar refractivity (Wildman–Crippen MR) is 118 cm³/mol. The summed E-state index contributed by atoms with van der Waals surface area (Å²) in [6, 6.07) is 11.4. The van der Waals surface area contributed by atoms with E-state index in [9.17, 15) is 31.1 Å². The summed E-state index contributed by atoms with van der Waals surface area (Å²) in [5, 5.41) is 3.92. The van der Waals surface area contributed by atoms with Crippen LogP contribution in [0.15, 0.2) is 73.3 Å². The van der Waals surface area contributed by atoms with E-state index in [0.717, 1.165) is 22.1 Å². The Labute approximate surface area is 199 Å². The number of amides is 1. The van der Waals surface area contributed by atoms with E-state index >= 15 is 0 Å². The van der Waals surface area contributed by atoms with Crippen molar-refractivity contribution in [1.82, 2.24) is 19.7 Å². The summed E-state index contributed by atoms with van der Waals surface area (Å²) in [5.74, 6) is -1.24. The number of carbonyl (C=O) groups excluding carboxylic acids is 1. The van der Waals surface area contributed by atoms with E-state index < -0.39 is 40.8 Å². The Morgan fingerprint density at radius 1 is 0.861 bits per heavy atom. The van der Waals surface area contributed by atoms with Crippen LogP contribution in [0.25, 0.3) is 34.3 Å². The van der Waals surface area contributed by atoms with Crippen molar-refractivity contribution in [3.05, 3.63) is 90.0 Å². The number of pyridine rings is 1. The molecular formula is C24H15F6N5O. The van der Waals surface area contributed by atoms with Crippen molar-refractivity contribution in [3.8, 4) is 22.5 Å². The molecule has 0 unspecified atom stereocenters. The third kappa shape index (κ3) is 5.43. The number of hydrogen-bond acceptors (Lipinski definition) is 4. The van der Waals surface area contributed by atoms with Gasteiger partial charge in [-0.15, -0.1) is 5.10 Å². The first-order chi connectivity index (χ1) is 16.9. The molecule has 0 atom stereocenters. The Morgan fingerprint density at radius 3 is 2.03 bits per heavy atom. The van der Waals surface area contributed by atoms with Gasteiger partial charge in [-0.1, -0.05) is 30.3 Å². The second-order valence-electron chi connectivity index (χ2n) is 7.57. The van der Waals surface area contributed by atoms with Crippen LogP contribution in [-0.2, 0) is 17.1 Å². The Kier molecular flexibility index (Phi) is 6.35. The van der Waals surface area contributed by atoms with Crippen LogP contribution in [0, 0.1) is 0 Å². The highest BCUT2D eigenvalue weighted by Gasteiger charge is 2.37. The summed E-state index contributed by atoms with van der Waals surface area (Å²) in [6.45, 7) is 0. The van der Waals surface area contributed by atoms with Crippen LogP contribution in [0.3, 0.4) is 0 Å². The zero-order chi connectivity index (χ0) is 26.1. The van der Waals surface area contributed by atoms with E-state index in [1.807, 2.05) is 6.07 Å². The molecule has 2 heterocycles. The van der Waals surface area contributed by atoms with Gasteiger partial charge in [0.05, 0.1) is 16.7 Å². The quantitative estimate of drug-likeness (QED) is 0.287. The fourth-order valence-corrected chi connectivity index (χ4v) is 3.34. The zero-order valence-corrected chi connectivity index (χ0v) is 18.0. The molecule has 2 aromatic heterocycles. The van der Waals surface area contributed by atoms with Crippen LogP contribution in [0.4, 0.5) is 26.3 Å². The first-order valence-electron chi connectivity index (χ1n) is 10.2. The van der Waals surface area contributed by atoms with Gasteiger partial charge in [-0.3, -0.25) is 9.78 Å². The molecule has 0 saturated carbocycles. The van der Waals surface area contributed by atoms with Crippen molar-refractivity contribution in [2.45, 2.75) is 12.4 Å². The molecule has 2 N–H and O–H groups in total. The number of alkyl halides is 6. The number of carbonyl (C=O) groups is 1. The number of aromatic nitrogens is 4. The summed E-state index contributed by atoms with van der Waals surface area (Å²) in [7, 11) is 0. The minimum absolute atomic E-state index is 0.00999. The highest BCUT2D eigenvalue weighted by Crippen LogP contribution is 2.38. The Morgan fingerprint density at radius 2 is 1.50 bits per heavy atom. The average molecular weight is 503 g/mol. The molecule has 0 aliphatic heterocycles. The van der Waals surface area contributed by atoms with Crippen LogP contribution in [0.2, 0.25) is 0 Å². The van der Waals surface area contributed by atoms with Gasteiger partial charge in [-0.05, 0) is 41.0 Å². The highest BCUT2D eigenvalue weighted by molar-refractivity contribution is 6.22. The maximum Gasteiger partial charge on any atom is 0.416 e. The molecular weight excluding hydrogens is 488 g/mol. The van der Waals surface area contributed by atoms with E-state index in [1.165, 1.54) is 6.20 Å². The number of nitrogens with two attached hydrogens (primary N) is 1. The standard InChI is InChI=1S/C24H15F6N5O/c25-23(26,27)18-8-17(9-19(10-18)24(28,29)30)22-33-13-35(34-22)12-20(21(31)36)15-5-3-14(4-6-15)16-2-1-7-32-11-16/h1-13H,(H2,31,36)/b20-12+. The second kappa shape index (κ2) is 9.29. The number of nitrogens with zero attached hydrogens (tertiary/aromatic N) is 4. The minimum atomic E-state index is -5.01. The van der Waals surface area contributed by atoms with Gasteiger partial charge in [0, 0.05) is 24.2 Å². The number of primary amides is 1. The van der Waals surface area contributed by atoms with Crippen molar-refractivity contribution >= 4 is 17.7 Å². The van der Waals surface area contributed by atoms with Gasteiger partial charge in [-0.2, -0.15) is 26.3 Å². The molecule has 36 heavy (non-hydrogen) atoms. The number of benzene rings is 2. The molecule has 0 aliphatic rings. The van der Waals surface area contributed by atoms with Gasteiger partial charge in [0.15, 0.2) is 5.82 Å². The van der Waals surface area contributed by atoms with E-state index in [4.69, 9.17) is 5.73 Å². The minimum Gasteiger partial charge on any atom is -0.366 e. The molecule has 0 radical (unpaired) electrons. The molecule has 4 aromatic rings. The van der Waals surface area contributed by atoms with Gasteiger partial charge < -0.3 is 5.73 Å². The molecule has 0 saturated heterocycles. The lowest BCUT2D eigenvalue weighted by molar-refractivity contribution is -0.143. The van der Waals surface area contributed by atoms with E-state index in [-0.39, 0.29) is 11.6 Å². The number of halogens is 6. The van der Waals surface area contributed by atoms with Crippen LogP contribution >= 0.6 is 0 Å². The first kappa shape index (κ1) is 24.6. The smallest absolute Gasteiger partial charge is 0.366 e. The summed E-state index contributed by atoms with van der Waals surface area (Å²) < 4.78 is 80.0. The largest absolute Gasteiger partial charge is 0.416 e. The third-order valence-electron chi connectivity index (χ3n) is 5.07. The molecule has 0 bridgehead atoms. The Bertz CT molecular complexity index is 1390. The summed E-state index contributed by atoms with van der Waals surface area (Å²) in [5.41, 5.74) is 4.07. The van der Waals surface area contributed by atoms with Gasteiger partial charge in [0.25, 0.3) is 5.91 Å². The zero-order valence-electron chi connectivity index (χ0n) is 18.0. The molecule has 12 heteroatoms. The van der Waals surface area contributed by atoms with Crippen LogP contribution in [0.5, 0.6) is 0 Å². The van der Waals surface area contributed by atoms with Gasteiger partial charge >= 0.3 is 12.4 Å². The lowest BCUT2D eigenvalue weighted by Crippen LogP contribution is -2.13. The van der Waals surface area contributed by atoms with Crippen LogP contribution in [-0.4, -0.2) is 25.7 Å². The lowest BCUT2D eigenvalue weighted by atomic mass is 10.0. The van der Waals surface area contributed by atoms with Gasteiger partial charge in [0.1, 0.15) is 6.33 Å². The van der Waals surface area contributed by atoms with E-state index in [1.54, 1.807) is 42.7 Å². The maximum atomic E-state index is 13.2. The van der Waals surface area contributed by atoms with Crippen molar-refractivity contribution in [1.29, 1.82) is 0 Å². The monoisotopic (exact) mass is 503 g/mol. The molecule has 4 rings (SSSR count). The second-order valence-corrected chi connectivity index (χ2v) is 7.57. The van der Waals surface area contributed by atoms with E-state index in [0.29, 0.717) is 17.7 Å². The lowest BCUT2D eigenvalue weighted by Gasteiger charge is -2.13. The Balaban J connectivity index is 1.69. The normalized spacial score (nSPS) is 12.6. The van der Waals surface area contributed by atoms with Gasteiger partial charge in [-0.25, -0.2) is 9.67 Å². The average Bonchev–Trinajstić information content (AvgIpc) is 3.30. The predicted octanol–water partition coefficient (Wildman–Crippen LogP) is 5.53. The molecule has 6 nitrogen and oxygen atoms in total. The summed E-state index contributed by atoms with van der Waals surface area (Å²) in [4.78, 5) is 19.9. The van der Waals surface area contributed by atoms with Crippen molar-refractivity contribution in [2.75, 3.05) is 0 Å². The topological polar surface area (TPSA) is 86.7 Å². The fourth-order valence-electron chi connectivity index (χ4n) is 3.34. The fraction of sp³-hybridized carbons (Fsp3) is 0.0833. The maximum absolute atomic E-state index is 13.2.